The van der Waals surface area contributed by atoms with Gasteiger partial charge in [0.05, 0.1) is 5.92 Å². The van der Waals surface area contributed by atoms with Crippen LogP contribution in [0.25, 0.3) is 0 Å². The van der Waals surface area contributed by atoms with Crippen LogP contribution in [-0.2, 0) is 9.53 Å². The molecule has 3 nitrogen and oxygen atoms in total. The molecule has 0 unspecified atom stereocenters. The highest BCUT2D eigenvalue weighted by Crippen LogP contribution is 2.13. The third kappa shape index (κ3) is 5.64. The number of hydrogen-bond acceptors (Lipinski definition) is 3. The lowest BCUT2D eigenvalue weighted by atomic mass is 10.0. The van der Waals surface area contributed by atoms with Crippen LogP contribution < -0.4 is 5.73 Å². The molecule has 0 aliphatic rings. The first-order valence-electron chi connectivity index (χ1n) is 4.83. The van der Waals surface area contributed by atoms with Crippen molar-refractivity contribution in [2.75, 3.05) is 6.54 Å². The molecule has 0 heterocycles. The van der Waals surface area contributed by atoms with Gasteiger partial charge in [-0.05, 0) is 27.2 Å². The molecule has 0 radical (unpaired) electrons. The van der Waals surface area contributed by atoms with E-state index >= 15 is 0 Å². The number of nitrogens with two attached hydrogens (primary N) is 1. The number of carbonyl (C=O) groups is 1. The zero-order valence-corrected chi connectivity index (χ0v) is 9.09. The molecule has 0 aromatic rings. The molecule has 0 spiro atoms. The molecular weight excluding hydrogens is 166 g/mol. The van der Waals surface area contributed by atoms with Gasteiger partial charge in [-0.3, -0.25) is 4.79 Å². The van der Waals surface area contributed by atoms with Crippen LogP contribution in [0, 0.1) is 5.92 Å². The van der Waals surface area contributed by atoms with E-state index in [0.717, 1.165) is 12.8 Å². The molecule has 0 amide bonds. The van der Waals surface area contributed by atoms with E-state index in [2.05, 4.69) is 0 Å². The highest BCUT2D eigenvalue weighted by atomic mass is 16.6. The van der Waals surface area contributed by atoms with Gasteiger partial charge in [-0.15, -0.1) is 0 Å². The molecule has 3 heteroatoms. The summed E-state index contributed by atoms with van der Waals surface area (Å²) in [6.07, 6.45) is 1.77. The van der Waals surface area contributed by atoms with Crippen molar-refractivity contribution in [3.63, 3.8) is 0 Å². The lowest BCUT2D eigenvalue weighted by Crippen LogP contribution is -2.32. The highest BCUT2D eigenvalue weighted by molar-refractivity contribution is 5.73. The molecule has 0 aromatic heterocycles. The Morgan fingerprint density at radius 2 is 2.00 bits per heavy atom. The van der Waals surface area contributed by atoms with E-state index in [1.165, 1.54) is 0 Å². The lowest BCUT2D eigenvalue weighted by Gasteiger charge is -2.23. The Labute approximate surface area is 80.6 Å². The molecule has 13 heavy (non-hydrogen) atoms. The third-order valence-corrected chi connectivity index (χ3v) is 1.66. The average Bonchev–Trinajstić information content (AvgIpc) is 1.96. The van der Waals surface area contributed by atoms with Gasteiger partial charge in [-0.25, -0.2) is 0 Å². The molecule has 0 rings (SSSR count). The van der Waals surface area contributed by atoms with Crippen LogP contribution in [-0.4, -0.2) is 18.1 Å². The van der Waals surface area contributed by atoms with E-state index in [1.807, 2.05) is 27.7 Å². The van der Waals surface area contributed by atoms with Gasteiger partial charge in [0.25, 0.3) is 0 Å². The summed E-state index contributed by atoms with van der Waals surface area (Å²) in [5.41, 5.74) is 5.07. The highest BCUT2D eigenvalue weighted by Gasteiger charge is 2.22. The first-order chi connectivity index (χ1) is 5.90. The zero-order valence-electron chi connectivity index (χ0n) is 9.09. The Bertz CT molecular complexity index is 161. The first kappa shape index (κ1) is 12.4. The summed E-state index contributed by atoms with van der Waals surface area (Å²) >= 11 is 0. The van der Waals surface area contributed by atoms with E-state index in [4.69, 9.17) is 10.5 Å². The molecule has 0 aromatic carbocycles. The van der Waals surface area contributed by atoms with Crippen molar-refractivity contribution in [3.8, 4) is 0 Å². The number of hydrogen-bond donors (Lipinski definition) is 1. The van der Waals surface area contributed by atoms with Crippen LogP contribution in [0.15, 0.2) is 0 Å². The fraction of sp³-hybridized carbons (Fsp3) is 0.900. The van der Waals surface area contributed by atoms with Crippen molar-refractivity contribution >= 4 is 5.97 Å². The van der Waals surface area contributed by atoms with Gasteiger partial charge < -0.3 is 10.5 Å². The van der Waals surface area contributed by atoms with Crippen molar-refractivity contribution in [1.82, 2.24) is 0 Å². The quantitative estimate of drug-likeness (QED) is 0.681. The van der Waals surface area contributed by atoms with Gasteiger partial charge >= 0.3 is 5.97 Å². The Morgan fingerprint density at radius 3 is 2.31 bits per heavy atom. The summed E-state index contributed by atoms with van der Waals surface area (Å²) in [5, 5.41) is 0. The predicted molar refractivity (Wildman–Crippen MR) is 53.3 cm³/mol. The maximum Gasteiger partial charge on any atom is 0.310 e. The molecule has 78 valence electrons. The molecule has 0 bridgehead atoms. The summed E-state index contributed by atoms with van der Waals surface area (Å²) in [4.78, 5) is 11.5. The van der Waals surface area contributed by atoms with Crippen LogP contribution >= 0.6 is 0 Å². The van der Waals surface area contributed by atoms with Gasteiger partial charge in [0.1, 0.15) is 5.60 Å². The Balaban J connectivity index is 4.06. The molecule has 0 fully saturated rings. The summed E-state index contributed by atoms with van der Waals surface area (Å²) < 4.78 is 5.22. The second kappa shape index (κ2) is 5.22. The minimum Gasteiger partial charge on any atom is -0.460 e. The van der Waals surface area contributed by atoms with E-state index in [-0.39, 0.29) is 11.9 Å². The standard InChI is InChI=1S/C10H21NO2/c1-5-6-8(7-11)9(12)13-10(2,3)4/h8H,5-7,11H2,1-4H3/t8-/m1/s1. The van der Waals surface area contributed by atoms with Gasteiger partial charge in [0.2, 0.25) is 0 Å². The Morgan fingerprint density at radius 1 is 1.46 bits per heavy atom. The first-order valence-corrected chi connectivity index (χ1v) is 4.83. The van der Waals surface area contributed by atoms with Gasteiger partial charge in [-0.2, -0.15) is 0 Å². The van der Waals surface area contributed by atoms with Crippen LogP contribution in [0.5, 0.6) is 0 Å². The zero-order chi connectivity index (χ0) is 10.5. The molecule has 2 N–H and O–H groups in total. The molecule has 1 atom stereocenters. The van der Waals surface area contributed by atoms with Gasteiger partial charge in [0.15, 0.2) is 0 Å². The van der Waals surface area contributed by atoms with Crippen molar-refractivity contribution < 1.29 is 9.53 Å². The summed E-state index contributed by atoms with van der Waals surface area (Å²) in [7, 11) is 0. The number of ether oxygens (including phenoxy) is 1. The predicted octanol–water partition coefficient (Wildman–Crippen LogP) is 1.70. The number of rotatable bonds is 4. The summed E-state index contributed by atoms with van der Waals surface area (Å²) in [6.45, 7) is 8.01. The van der Waals surface area contributed by atoms with Crippen molar-refractivity contribution in [2.45, 2.75) is 46.1 Å². The van der Waals surface area contributed by atoms with Crippen molar-refractivity contribution in [3.05, 3.63) is 0 Å². The number of carbonyl (C=O) groups excluding carboxylic acids is 1. The van der Waals surface area contributed by atoms with E-state index in [0.29, 0.717) is 6.54 Å². The van der Waals surface area contributed by atoms with Crippen LogP contribution in [0.2, 0.25) is 0 Å². The van der Waals surface area contributed by atoms with Crippen LogP contribution in [0.3, 0.4) is 0 Å². The molecule has 0 saturated carbocycles. The molecule has 0 aliphatic heterocycles. The van der Waals surface area contributed by atoms with E-state index in [1.54, 1.807) is 0 Å². The maximum atomic E-state index is 11.5. The largest absolute Gasteiger partial charge is 0.460 e. The topological polar surface area (TPSA) is 52.3 Å². The average molecular weight is 187 g/mol. The lowest BCUT2D eigenvalue weighted by molar-refractivity contribution is -0.159. The maximum absolute atomic E-state index is 11.5. The summed E-state index contributed by atoms with van der Waals surface area (Å²) in [5.74, 6) is -0.305. The molecule has 0 aliphatic carbocycles. The number of esters is 1. The SMILES string of the molecule is CCC[C@H](CN)C(=O)OC(C)(C)C. The van der Waals surface area contributed by atoms with E-state index in [9.17, 15) is 4.79 Å². The van der Waals surface area contributed by atoms with Gasteiger partial charge in [-0.1, -0.05) is 13.3 Å². The Hall–Kier alpha value is -0.570. The van der Waals surface area contributed by atoms with Crippen molar-refractivity contribution in [2.24, 2.45) is 11.7 Å². The third-order valence-electron chi connectivity index (χ3n) is 1.66. The fourth-order valence-electron chi connectivity index (χ4n) is 1.07. The molecule has 0 saturated heterocycles. The summed E-state index contributed by atoms with van der Waals surface area (Å²) in [6, 6.07) is 0. The molecular formula is C10H21NO2. The fourth-order valence-corrected chi connectivity index (χ4v) is 1.07. The minimum absolute atomic E-state index is 0.135. The van der Waals surface area contributed by atoms with Crippen LogP contribution in [0.4, 0.5) is 0 Å². The van der Waals surface area contributed by atoms with Crippen LogP contribution in [0.1, 0.15) is 40.5 Å². The smallest absolute Gasteiger partial charge is 0.310 e. The van der Waals surface area contributed by atoms with E-state index < -0.39 is 5.60 Å². The minimum atomic E-state index is -0.405. The second-order valence-corrected chi connectivity index (χ2v) is 4.25. The van der Waals surface area contributed by atoms with Gasteiger partial charge in [0, 0.05) is 6.54 Å². The Kier molecular flexibility index (Phi) is 4.99. The monoisotopic (exact) mass is 187 g/mol. The van der Waals surface area contributed by atoms with Crippen molar-refractivity contribution in [1.29, 1.82) is 0 Å². The normalized spacial score (nSPS) is 13.9. The second-order valence-electron chi connectivity index (χ2n) is 4.25.